The van der Waals surface area contributed by atoms with Gasteiger partial charge in [0.2, 0.25) is 5.91 Å². The fraction of sp³-hybridized carbons (Fsp3) is 0.923. The Bertz CT molecular complexity index is 257. The number of nitrogens with one attached hydrogen (secondary N) is 2. The molecule has 2 saturated heterocycles. The van der Waals surface area contributed by atoms with Crippen LogP contribution in [0.2, 0.25) is 0 Å². The second-order valence-electron chi connectivity index (χ2n) is 5.33. The number of hydrogen-bond acceptors (Lipinski definition) is 3. The van der Waals surface area contributed by atoms with Crippen molar-refractivity contribution in [3.63, 3.8) is 0 Å². The highest BCUT2D eigenvalue weighted by Gasteiger charge is 2.29. The highest BCUT2D eigenvalue weighted by Crippen LogP contribution is 2.20. The zero-order chi connectivity index (χ0) is 12.1. The number of carbonyl (C=O) groups is 1. The Kier molecular flexibility index (Phi) is 6.97. The summed E-state index contributed by atoms with van der Waals surface area (Å²) in [6.07, 6.45) is 6.05. The number of likely N-dealkylation sites (N-methyl/N-ethyl adjacent to an activating group) is 1. The Hall–Kier alpha value is -0.320. The average Bonchev–Trinajstić information content (AvgIpc) is 2.40. The van der Waals surface area contributed by atoms with Gasteiger partial charge in [-0.25, -0.2) is 0 Å². The maximum atomic E-state index is 11.9. The third-order valence-corrected chi connectivity index (χ3v) is 4.05. The van der Waals surface area contributed by atoms with E-state index >= 15 is 0 Å². The van der Waals surface area contributed by atoms with Crippen molar-refractivity contribution >= 4 is 18.3 Å². The topological polar surface area (TPSA) is 44.4 Å². The second-order valence-corrected chi connectivity index (χ2v) is 5.33. The van der Waals surface area contributed by atoms with Crippen LogP contribution in [0.1, 0.15) is 32.1 Å². The standard InChI is InChI=1S/C13H25N3O.ClH/c1-14-13(17)12-6-2-3-8-16(12)10-11-5-4-7-15-9-11;/h11-12,15H,2-10H2,1H3,(H,14,17);1H. The predicted molar refractivity (Wildman–Crippen MR) is 76.1 cm³/mol. The molecule has 106 valence electrons. The zero-order valence-electron chi connectivity index (χ0n) is 11.3. The quantitative estimate of drug-likeness (QED) is 0.808. The highest BCUT2D eigenvalue weighted by molar-refractivity contribution is 5.85. The third kappa shape index (κ3) is 4.11. The van der Waals surface area contributed by atoms with Crippen molar-refractivity contribution in [3.05, 3.63) is 0 Å². The largest absolute Gasteiger partial charge is 0.358 e. The molecule has 0 saturated carbocycles. The molecule has 2 N–H and O–H groups in total. The van der Waals surface area contributed by atoms with Gasteiger partial charge in [-0.2, -0.15) is 0 Å². The molecular formula is C13H26ClN3O. The normalized spacial score (nSPS) is 29.4. The minimum absolute atomic E-state index is 0. The molecule has 0 radical (unpaired) electrons. The van der Waals surface area contributed by atoms with Gasteiger partial charge in [-0.05, 0) is 51.2 Å². The van der Waals surface area contributed by atoms with Crippen LogP contribution >= 0.6 is 12.4 Å². The number of likely N-dealkylation sites (tertiary alicyclic amines) is 1. The first-order valence-corrected chi connectivity index (χ1v) is 6.97. The molecule has 2 rings (SSSR count). The smallest absolute Gasteiger partial charge is 0.237 e. The Morgan fingerprint density at radius 2 is 2.17 bits per heavy atom. The van der Waals surface area contributed by atoms with Gasteiger partial charge >= 0.3 is 0 Å². The molecule has 1 amide bonds. The fourth-order valence-corrected chi connectivity index (χ4v) is 3.08. The molecule has 0 aliphatic carbocycles. The van der Waals surface area contributed by atoms with Crippen LogP contribution in [0.4, 0.5) is 0 Å². The molecule has 4 nitrogen and oxygen atoms in total. The van der Waals surface area contributed by atoms with E-state index in [4.69, 9.17) is 0 Å². The van der Waals surface area contributed by atoms with Crippen molar-refractivity contribution in [2.45, 2.75) is 38.1 Å². The first kappa shape index (κ1) is 15.7. The van der Waals surface area contributed by atoms with E-state index < -0.39 is 0 Å². The maximum absolute atomic E-state index is 11.9. The van der Waals surface area contributed by atoms with E-state index in [1.54, 1.807) is 7.05 Å². The van der Waals surface area contributed by atoms with Crippen LogP contribution in [0, 0.1) is 5.92 Å². The van der Waals surface area contributed by atoms with Crippen LogP contribution < -0.4 is 10.6 Å². The van der Waals surface area contributed by atoms with E-state index in [0.717, 1.165) is 38.5 Å². The lowest BCUT2D eigenvalue weighted by atomic mass is 9.95. The van der Waals surface area contributed by atoms with Gasteiger partial charge in [-0.1, -0.05) is 6.42 Å². The minimum atomic E-state index is 0. The SMILES string of the molecule is CNC(=O)C1CCCCN1CC1CCCNC1.Cl. The van der Waals surface area contributed by atoms with Crippen molar-refractivity contribution in [1.82, 2.24) is 15.5 Å². The van der Waals surface area contributed by atoms with Crippen molar-refractivity contribution < 1.29 is 4.79 Å². The van der Waals surface area contributed by atoms with Gasteiger partial charge in [0.05, 0.1) is 6.04 Å². The number of halogens is 1. The van der Waals surface area contributed by atoms with Gasteiger partial charge in [0, 0.05) is 13.6 Å². The number of piperidine rings is 2. The summed E-state index contributed by atoms with van der Waals surface area (Å²) < 4.78 is 0. The summed E-state index contributed by atoms with van der Waals surface area (Å²) in [5.74, 6) is 0.933. The second kappa shape index (κ2) is 7.97. The monoisotopic (exact) mass is 275 g/mol. The molecule has 2 unspecified atom stereocenters. The molecular weight excluding hydrogens is 250 g/mol. The molecule has 2 fully saturated rings. The number of hydrogen-bond donors (Lipinski definition) is 2. The lowest BCUT2D eigenvalue weighted by Crippen LogP contribution is -2.51. The van der Waals surface area contributed by atoms with Crippen LogP contribution in [-0.4, -0.2) is 50.1 Å². The van der Waals surface area contributed by atoms with Gasteiger partial charge in [-0.15, -0.1) is 12.4 Å². The molecule has 2 heterocycles. The Balaban J connectivity index is 0.00000162. The Morgan fingerprint density at radius 1 is 1.33 bits per heavy atom. The van der Waals surface area contributed by atoms with Gasteiger partial charge in [-0.3, -0.25) is 9.69 Å². The summed E-state index contributed by atoms with van der Waals surface area (Å²) in [4.78, 5) is 14.3. The number of rotatable bonds is 3. The summed E-state index contributed by atoms with van der Waals surface area (Å²) in [7, 11) is 1.75. The number of amides is 1. The highest BCUT2D eigenvalue weighted by atomic mass is 35.5. The maximum Gasteiger partial charge on any atom is 0.237 e. The van der Waals surface area contributed by atoms with Crippen LogP contribution in [0.15, 0.2) is 0 Å². The Morgan fingerprint density at radius 3 is 2.83 bits per heavy atom. The molecule has 0 aromatic heterocycles. The van der Waals surface area contributed by atoms with Crippen molar-refractivity contribution in [3.8, 4) is 0 Å². The average molecular weight is 276 g/mol. The molecule has 2 aliphatic heterocycles. The molecule has 0 aromatic carbocycles. The summed E-state index contributed by atoms with van der Waals surface area (Å²) in [5.41, 5.74) is 0. The van der Waals surface area contributed by atoms with Crippen LogP contribution in [0.25, 0.3) is 0 Å². The molecule has 18 heavy (non-hydrogen) atoms. The van der Waals surface area contributed by atoms with Gasteiger partial charge in [0.25, 0.3) is 0 Å². The molecule has 5 heteroatoms. The molecule has 0 spiro atoms. The van der Waals surface area contributed by atoms with Gasteiger partial charge in [0.1, 0.15) is 0 Å². The van der Waals surface area contributed by atoms with E-state index in [0.29, 0.717) is 0 Å². The Labute approximate surface area is 116 Å². The van der Waals surface area contributed by atoms with Gasteiger partial charge < -0.3 is 10.6 Å². The number of nitrogens with zero attached hydrogens (tertiary/aromatic N) is 1. The molecule has 0 bridgehead atoms. The van der Waals surface area contributed by atoms with E-state index in [2.05, 4.69) is 15.5 Å². The van der Waals surface area contributed by atoms with Crippen LogP contribution in [0.3, 0.4) is 0 Å². The molecule has 2 aliphatic rings. The predicted octanol–water partition coefficient (Wildman–Crippen LogP) is 1.01. The van der Waals surface area contributed by atoms with Crippen molar-refractivity contribution in [1.29, 1.82) is 0 Å². The molecule has 0 aromatic rings. The number of carbonyl (C=O) groups excluding carboxylic acids is 1. The summed E-state index contributed by atoms with van der Waals surface area (Å²) in [6.45, 7) is 4.46. The van der Waals surface area contributed by atoms with E-state index in [-0.39, 0.29) is 24.4 Å². The first-order chi connectivity index (χ1) is 8.31. The van der Waals surface area contributed by atoms with E-state index in [1.807, 2.05) is 0 Å². The van der Waals surface area contributed by atoms with Crippen molar-refractivity contribution in [2.75, 3.05) is 33.2 Å². The summed E-state index contributed by atoms with van der Waals surface area (Å²) >= 11 is 0. The van der Waals surface area contributed by atoms with Crippen molar-refractivity contribution in [2.24, 2.45) is 5.92 Å². The van der Waals surface area contributed by atoms with Crippen LogP contribution in [-0.2, 0) is 4.79 Å². The van der Waals surface area contributed by atoms with Crippen LogP contribution in [0.5, 0.6) is 0 Å². The van der Waals surface area contributed by atoms with E-state index in [9.17, 15) is 4.79 Å². The minimum Gasteiger partial charge on any atom is -0.358 e. The lowest BCUT2D eigenvalue weighted by molar-refractivity contribution is -0.127. The van der Waals surface area contributed by atoms with Gasteiger partial charge in [0.15, 0.2) is 0 Å². The fourth-order valence-electron chi connectivity index (χ4n) is 3.08. The van der Waals surface area contributed by atoms with E-state index in [1.165, 1.54) is 25.7 Å². The molecule has 2 atom stereocenters. The first-order valence-electron chi connectivity index (χ1n) is 6.97. The third-order valence-electron chi connectivity index (χ3n) is 4.05. The summed E-state index contributed by atoms with van der Waals surface area (Å²) in [5, 5.41) is 6.26. The summed E-state index contributed by atoms with van der Waals surface area (Å²) in [6, 6.07) is 0.121. The lowest BCUT2D eigenvalue weighted by Gasteiger charge is -2.37. The zero-order valence-corrected chi connectivity index (χ0v) is 12.1.